The molecule has 0 unspecified atom stereocenters. The molecule has 3 aromatic carbocycles. The maximum Gasteiger partial charge on any atom is 0.416 e. The van der Waals surface area contributed by atoms with E-state index in [-0.39, 0.29) is 51.9 Å². The Labute approximate surface area is 255 Å². The summed E-state index contributed by atoms with van der Waals surface area (Å²) in [5.41, 5.74) is 1.37. The molecule has 1 aliphatic rings. The SMILES string of the molecule is COc1cc(C(=O)NCc2nnc(SCC(=O)N3CCc4ccccc43)n2-c2cccc(C(F)(F)F)c2)cc(OC)c1OC. The molecular formula is C30H28F3N5O5S. The minimum Gasteiger partial charge on any atom is -0.493 e. The number of ether oxygens (including phenoxy) is 3. The van der Waals surface area contributed by atoms with Gasteiger partial charge in [0.05, 0.1) is 44.9 Å². The fourth-order valence-electron chi connectivity index (χ4n) is 4.86. The van der Waals surface area contributed by atoms with Crippen LogP contribution in [0.3, 0.4) is 0 Å². The van der Waals surface area contributed by atoms with E-state index < -0.39 is 17.6 Å². The third-order valence-electron chi connectivity index (χ3n) is 6.98. The lowest BCUT2D eigenvalue weighted by Crippen LogP contribution is -2.30. The number of hydrogen-bond acceptors (Lipinski definition) is 8. The average Bonchev–Trinajstić information content (AvgIpc) is 3.65. The largest absolute Gasteiger partial charge is 0.493 e. The van der Waals surface area contributed by atoms with Gasteiger partial charge in [0, 0.05) is 17.8 Å². The number of nitrogens with one attached hydrogen (secondary N) is 1. The Bertz CT molecular complexity index is 1670. The number of para-hydroxylation sites is 1. The zero-order valence-electron chi connectivity index (χ0n) is 24.0. The summed E-state index contributed by atoms with van der Waals surface area (Å²) in [6.07, 6.45) is -3.85. The molecule has 0 aliphatic carbocycles. The Morgan fingerprint density at radius 2 is 1.68 bits per heavy atom. The van der Waals surface area contributed by atoms with E-state index in [4.69, 9.17) is 14.2 Å². The summed E-state index contributed by atoms with van der Waals surface area (Å²) < 4.78 is 58.1. The van der Waals surface area contributed by atoms with E-state index in [1.165, 1.54) is 50.2 Å². The molecule has 1 N–H and O–H groups in total. The molecular weight excluding hydrogens is 599 g/mol. The molecule has 0 bridgehead atoms. The Kier molecular flexibility index (Phi) is 8.99. The van der Waals surface area contributed by atoms with Gasteiger partial charge in [-0.2, -0.15) is 13.2 Å². The lowest BCUT2D eigenvalue weighted by molar-refractivity contribution is -0.137. The molecule has 1 aliphatic heterocycles. The van der Waals surface area contributed by atoms with Gasteiger partial charge >= 0.3 is 6.18 Å². The van der Waals surface area contributed by atoms with Gasteiger partial charge in [0.15, 0.2) is 22.5 Å². The Morgan fingerprint density at radius 1 is 0.955 bits per heavy atom. The minimum atomic E-state index is -4.59. The molecule has 2 amide bonds. The molecule has 10 nitrogen and oxygen atoms in total. The number of carbonyl (C=O) groups excluding carboxylic acids is 2. The van der Waals surface area contributed by atoms with Gasteiger partial charge in [0.25, 0.3) is 5.91 Å². The Morgan fingerprint density at radius 3 is 2.36 bits per heavy atom. The minimum absolute atomic E-state index is 0.0246. The van der Waals surface area contributed by atoms with Crippen molar-refractivity contribution in [2.45, 2.75) is 24.3 Å². The number of thioether (sulfide) groups is 1. The fourth-order valence-corrected chi connectivity index (χ4v) is 5.71. The van der Waals surface area contributed by atoms with Gasteiger partial charge in [0.2, 0.25) is 11.7 Å². The predicted molar refractivity (Wildman–Crippen MR) is 157 cm³/mol. The number of hydrogen-bond donors (Lipinski definition) is 1. The number of amides is 2. The zero-order chi connectivity index (χ0) is 31.4. The van der Waals surface area contributed by atoms with E-state index in [1.807, 2.05) is 24.3 Å². The Hall–Kier alpha value is -4.72. The quantitative estimate of drug-likeness (QED) is 0.247. The van der Waals surface area contributed by atoms with Crippen LogP contribution in [0.4, 0.5) is 18.9 Å². The van der Waals surface area contributed by atoms with Crippen molar-refractivity contribution in [1.82, 2.24) is 20.1 Å². The first-order valence-corrected chi connectivity index (χ1v) is 14.3. The average molecular weight is 628 g/mol. The summed E-state index contributed by atoms with van der Waals surface area (Å²) >= 11 is 1.05. The highest BCUT2D eigenvalue weighted by atomic mass is 32.2. The molecule has 0 saturated heterocycles. The van der Waals surface area contributed by atoms with Crippen molar-refractivity contribution in [3.63, 3.8) is 0 Å². The van der Waals surface area contributed by atoms with E-state index >= 15 is 0 Å². The molecule has 0 saturated carbocycles. The van der Waals surface area contributed by atoms with Crippen molar-refractivity contribution in [3.8, 4) is 22.9 Å². The lowest BCUT2D eigenvalue weighted by atomic mass is 10.1. The number of fused-ring (bicyclic) bond motifs is 1. The third-order valence-corrected chi connectivity index (χ3v) is 7.89. The van der Waals surface area contributed by atoms with Crippen molar-refractivity contribution in [2.24, 2.45) is 0 Å². The molecule has 0 atom stereocenters. The maximum absolute atomic E-state index is 13.6. The maximum atomic E-state index is 13.6. The van der Waals surface area contributed by atoms with Gasteiger partial charge in [-0.15, -0.1) is 10.2 Å². The lowest BCUT2D eigenvalue weighted by Gasteiger charge is -2.17. The molecule has 4 aromatic rings. The first-order valence-electron chi connectivity index (χ1n) is 13.4. The predicted octanol–water partition coefficient (Wildman–Crippen LogP) is 4.92. The molecule has 5 rings (SSSR count). The van der Waals surface area contributed by atoms with E-state index in [9.17, 15) is 22.8 Å². The second-order valence-electron chi connectivity index (χ2n) is 9.59. The summed E-state index contributed by atoms with van der Waals surface area (Å²) in [5.74, 6) is 0.288. The van der Waals surface area contributed by atoms with E-state index in [2.05, 4.69) is 15.5 Å². The van der Waals surface area contributed by atoms with Crippen LogP contribution in [0.25, 0.3) is 5.69 Å². The number of rotatable bonds is 10. The van der Waals surface area contributed by atoms with E-state index in [0.717, 1.165) is 41.6 Å². The van der Waals surface area contributed by atoms with Gasteiger partial charge in [-0.05, 0) is 48.4 Å². The van der Waals surface area contributed by atoms with Gasteiger partial charge in [-0.25, -0.2) is 0 Å². The Balaban J connectivity index is 1.41. The molecule has 14 heteroatoms. The molecule has 1 aromatic heterocycles. The van der Waals surface area contributed by atoms with E-state index in [0.29, 0.717) is 12.3 Å². The molecule has 230 valence electrons. The summed E-state index contributed by atoms with van der Waals surface area (Å²) in [6.45, 7) is 0.351. The number of alkyl halides is 3. The van der Waals surface area contributed by atoms with Crippen LogP contribution in [0, 0.1) is 0 Å². The number of methoxy groups -OCH3 is 3. The summed E-state index contributed by atoms with van der Waals surface area (Å²) in [7, 11) is 4.28. The number of nitrogens with zero attached hydrogens (tertiary/aromatic N) is 4. The second kappa shape index (κ2) is 12.9. The van der Waals surface area contributed by atoms with Crippen molar-refractivity contribution in [3.05, 3.63) is 83.2 Å². The smallest absolute Gasteiger partial charge is 0.416 e. The normalized spacial score (nSPS) is 12.5. The highest BCUT2D eigenvalue weighted by Gasteiger charge is 2.31. The highest BCUT2D eigenvalue weighted by molar-refractivity contribution is 7.99. The van der Waals surface area contributed by atoms with Crippen LogP contribution in [0.15, 0.2) is 65.8 Å². The number of aromatic nitrogens is 3. The summed E-state index contributed by atoms with van der Waals surface area (Å²) in [5, 5.41) is 11.2. The molecule has 0 fully saturated rings. The van der Waals surface area contributed by atoms with Gasteiger partial charge in [0.1, 0.15) is 0 Å². The van der Waals surface area contributed by atoms with Gasteiger partial charge in [-0.3, -0.25) is 14.2 Å². The zero-order valence-corrected chi connectivity index (χ0v) is 24.8. The van der Waals surface area contributed by atoms with Crippen molar-refractivity contribution in [1.29, 1.82) is 0 Å². The number of benzene rings is 3. The van der Waals surface area contributed by atoms with E-state index in [1.54, 1.807) is 4.90 Å². The molecule has 44 heavy (non-hydrogen) atoms. The molecule has 2 heterocycles. The van der Waals surface area contributed by atoms with Crippen LogP contribution < -0.4 is 24.4 Å². The van der Waals surface area contributed by atoms with Crippen molar-refractivity contribution < 1.29 is 37.0 Å². The standard InChI is InChI=1S/C30H28F3N5O5S/c1-41-23-13-19(14-24(42-2)27(23)43-3)28(40)34-16-25-35-36-29(38(25)21-9-6-8-20(15-21)30(31,32)33)44-17-26(39)37-12-11-18-7-4-5-10-22(18)37/h4-10,13-15H,11-12,16-17H2,1-3H3,(H,34,40). The first kappa shape index (κ1) is 30.7. The fraction of sp³-hybridized carbons (Fsp3) is 0.267. The third kappa shape index (κ3) is 6.30. The molecule has 0 spiro atoms. The highest BCUT2D eigenvalue weighted by Crippen LogP contribution is 2.38. The van der Waals surface area contributed by atoms with Crippen molar-refractivity contribution in [2.75, 3.05) is 38.5 Å². The van der Waals surface area contributed by atoms with Crippen LogP contribution in [-0.4, -0.2) is 60.2 Å². The van der Waals surface area contributed by atoms with Crippen LogP contribution in [-0.2, 0) is 23.9 Å². The number of halogens is 3. The van der Waals surface area contributed by atoms with Crippen molar-refractivity contribution >= 4 is 29.3 Å². The first-order chi connectivity index (χ1) is 21.1. The van der Waals surface area contributed by atoms with Crippen LogP contribution in [0.5, 0.6) is 17.2 Å². The summed E-state index contributed by atoms with van der Waals surface area (Å²) in [4.78, 5) is 28.0. The number of carbonyl (C=O) groups is 2. The van der Waals surface area contributed by atoms with Crippen LogP contribution in [0.2, 0.25) is 0 Å². The van der Waals surface area contributed by atoms with Crippen LogP contribution in [0.1, 0.15) is 27.3 Å². The second-order valence-corrected chi connectivity index (χ2v) is 10.5. The number of anilines is 1. The summed E-state index contributed by atoms with van der Waals surface area (Å²) in [6, 6.07) is 15.3. The van der Waals surface area contributed by atoms with Gasteiger partial charge in [-0.1, -0.05) is 36.0 Å². The van der Waals surface area contributed by atoms with Crippen LogP contribution >= 0.6 is 11.8 Å². The van der Waals surface area contributed by atoms with Gasteiger partial charge < -0.3 is 24.4 Å². The topological polar surface area (TPSA) is 108 Å². The molecule has 0 radical (unpaired) electrons. The monoisotopic (exact) mass is 627 g/mol.